The van der Waals surface area contributed by atoms with Gasteiger partial charge in [0.15, 0.2) is 10.8 Å². The van der Waals surface area contributed by atoms with Crippen molar-refractivity contribution >= 4 is 17.0 Å². The van der Waals surface area contributed by atoms with Gasteiger partial charge in [-0.15, -0.1) is 11.3 Å². The van der Waals surface area contributed by atoms with Gasteiger partial charge in [0, 0.05) is 40.7 Å². The highest BCUT2D eigenvalue weighted by Gasteiger charge is 2.13. The molecule has 1 aromatic carbocycles. The standard InChI is InChI=1S/C17H12N4OS/c18-13-3-1-11(2-4-13)14-9-16(22-21-14)17-20-15(10-23-17)12-5-7-19-8-6-12/h1-10H,18H2. The van der Waals surface area contributed by atoms with Crippen LogP contribution in [-0.4, -0.2) is 15.1 Å². The van der Waals surface area contributed by atoms with Crippen LogP contribution in [0.1, 0.15) is 0 Å². The molecule has 3 heterocycles. The Kier molecular flexibility index (Phi) is 3.36. The van der Waals surface area contributed by atoms with Crippen molar-refractivity contribution in [1.29, 1.82) is 0 Å². The molecule has 4 aromatic rings. The largest absolute Gasteiger partial charge is 0.399 e. The average Bonchev–Trinajstić information content (AvgIpc) is 3.26. The van der Waals surface area contributed by atoms with Crippen molar-refractivity contribution in [2.45, 2.75) is 0 Å². The van der Waals surface area contributed by atoms with E-state index in [0.717, 1.165) is 33.2 Å². The molecule has 0 radical (unpaired) electrons. The Labute approximate surface area is 136 Å². The third kappa shape index (κ3) is 2.72. The van der Waals surface area contributed by atoms with E-state index in [-0.39, 0.29) is 0 Å². The lowest BCUT2D eigenvalue weighted by Gasteiger charge is -1.95. The molecular weight excluding hydrogens is 308 g/mol. The minimum atomic E-state index is 0.655. The van der Waals surface area contributed by atoms with E-state index in [2.05, 4.69) is 15.1 Å². The van der Waals surface area contributed by atoms with Gasteiger partial charge in [0.2, 0.25) is 0 Å². The summed E-state index contributed by atoms with van der Waals surface area (Å²) >= 11 is 1.52. The molecule has 112 valence electrons. The molecule has 0 amide bonds. The molecular formula is C17H12N4OS. The number of hydrogen-bond acceptors (Lipinski definition) is 6. The SMILES string of the molecule is Nc1ccc(-c2cc(-c3nc(-c4ccncc4)cs3)on2)cc1. The van der Waals surface area contributed by atoms with Gasteiger partial charge >= 0.3 is 0 Å². The molecule has 6 heteroatoms. The number of pyridine rings is 1. The quantitative estimate of drug-likeness (QED) is 0.575. The average molecular weight is 320 g/mol. The Bertz CT molecular complexity index is 929. The number of nitrogens with two attached hydrogens (primary N) is 1. The van der Waals surface area contributed by atoms with E-state index in [0.29, 0.717) is 5.76 Å². The fraction of sp³-hybridized carbons (Fsp3) is 0. The molecule has 0 saturated carbocycles. The molecule has 0 aliphatic carbocycles. The maximum Gasteiger partial charge on any atom is 0.196 e. The summed E-state index contributed by atoms with van der Waals surface area (Å²) in [5.41, 5.74) is 10.1. The van der Waals surface area contributed by atoms with E-state index in [4.69, 9.17) is 10.3 Å². The number of nitrogen functional groups attached to an aromatic ring is 1. The monoisotopic (exact) mass is 320 g/mol. The molecule has 3 aromatic heterocycles. The maximum absolute atomic E-state index is 5.70. The number of anilines is 1. The fourth-order valence-electron chi connectivity index (χ4n) is 2.21. The second-order valence-corrected chi connectivity index (χ2v) is 5.83. The Hall–Kier alpha value is -2.99. The molecule has 5 nitrogen and oxygen atoms in total. The second-order valence-electron chi connectivity index (χ2n) is 4.97. The van der Waals surface area contributed by atoms with Crippen molar-refractivity contribution in [3.63, 3.8) is 0 Å². The van der Waals surface area contributed by atoms with Crippen LogP contribution in [0.5, 0.6) is 0 Å². The molecule has 0 aliphatic heterocycles. The Balaban J connectivity index is 1.65. The molecule has 0 fully saturated rings. The van der Waals surface area contributed by atoms with Gasteiger partial charge in [-0.3, -0.25) is 4.98 Å². The van der Waals surface area contributed by atoms with Gasteiger partial charge < -0.3 is 10.3 Å². The van der Waals surface area contributed by atoms with Crippen molar-refractivity contribution in [2.75, 3.05) is 5.73 Å². The minimum Gasteiger partial charge on any atom is -0.399 e. The summed E-state index contributed by atoms with van der Waals surface area (Å²) in [7, 11) is 0. The van der Waals surface area contributed by atoms with Crippen LogP contribution in [0.4, 0.5) is 5.69 Å². The number of nitrogens with zero attached hydrogens (tertiary/aromatic N) is 3. The smallest absolute Gasteiger partial charge is 0.196 e. The predicted molar refractivity (Wildman–Crippen MR) is 90.7 cm³/mol. The van der Waals surface area contributed by atoms with Crippen LogP contribution in [0.25, 0.3) is 33.3 Å². The molecule has 0 saturated heterocycles. The van der Waals surface area contributed by atoms with Crippen molar-refractivity contribution in [1.82, 2.24) is 15.1 Å². The molecule has 0 bridgehead atoms. The van der Waals surface area contributed by atoms with Gasteiger partial charge in [-0.1, -0.05) is 17.3 Å². The Morgan fingerprint density at radius 1 is 0.913 bits per heavy atom. The highest BCUT2D eigenvalue weighted by molar-refractivity contribution is 7.13. The van der Waals surface area contributed by atoms with Crippen molar-refractivity contribution < 1.29 is 4.52 Å². The molecule has 0 aliphatic rings. The van der Waals surface area contributed by atoms with E-state index in [1.807, 2.05) is 47.8 Å². The number of benzene rings is 1. The molecule has 0 spiro atoms. The van der Waals surface area contributed by atoms with Gasteiger partial charge in [-0.05, 0) is 24.3 Å². The normalized spacial score (nSPS) is 10.8. The van der Waals surface area contributed by atoms with E-state index in [1.165, 1.54) is 11.3 Å². The summed E-state index contributed by atoms with van der Waals surface area (Å²) in [6, 6.07) is 13.3. The summed E-state index contributed by atoms with van der Waals surface area (Å²) in [6.07, 6.45) is 3.50. The van der Waals surface area contributed by atoms with Gasteiger partial charge in [-0.2, -0.15) is 0 Å². The predicted octanol–water partition coefficient (Wildman–Crippen LogP) is 4.11. The first-order valence-electron chi connectivity index (χ1n) is 6.98. The van der Waals surface area contributed by atoms with Crippen LogP contribution in [0.2, 0.25) is 0 Å². The van der Waals surface area contributed by atoms with Crippen LogP contribution >= 0.6 is 11.3 Å². The first kappa shape index (κ1) is 13.7. The summed E-state index contributed by atoms with van der Waals surface area (Å²) < 4.78 is 5.44. The first-order valence-corrected chi connectivity index (χ1v) is 7.86. The van der Waals surface area contributed by atoms with Gasteiger partial charge in [0.25, 0.3) is 0 Å². The molecule has 0 atom stereocenters. The van der Waals surface area contributed by atoms with E-state index in [1.54, 1.807) is 12.4 Å². The van der Waals surface area contributed by atoms with Crippen LogP contribution in [0, 0.1) is 0 Å². The molecule has 0 unspecified atom stereocenters. The lowest BCUT2D eigenvalue weighted by Crippen LogP contribution is -1.83. The van der Waals surface area contributed by atoms with Crippen molar-refractivity contribution in [3.8, 4) is 33.3 Å². The fourth-order valence-corrected chi connectivity index (χ4v) is 2.98. The Morgan fingerprint density at radius 2 is 1.65 bits per heavy atom. The van der Waals surface area contributed by atoms with Crippen LogP contribution in [-0.2, 0) is 0 Å². The van der Waals surface area contributed by atoms with Crippen molar-refractivity contribution in [2.24, 2.45) is 0 Å². The zero-order chi connectivity index (χ0) is 15.6. The zero-order valence-electron chi connectivity index (χ0n) is 12.0. The maximum atomic E-state index is 5.70. The zero-order valence-corrected chi connectivity index (χ0v) is 12.8. The topological polar surface area (TPSA) is 77.8 Å². The number of hydrogen-bond donors (Lipinski definition) is 1. The molecule has 2 N–H and O–H groups in total. The number of rotatable bonds is 3. The highest BCUT2D eigenvalue weighted by Crippen LogP contribution is 2.31. The molecule has 23 heavy (non-hydrogen) atoms. The first-order chi connectivity index (χ1) is 11.3. The van der Waals surface area contributed by atoms with Gasteiger partial charge in [0.05, 0.1) is 5.69 Å². The van der Waals surface area contributed by atoms with Crippen LogP contribution < -0.4 is 5.73 Å². The lowest BCUT2D eigenvalue weighted by molar-refractivity contribution is 0.435. The third-order valence-electron chi connectivity index (χ3n) is 3.41. The van der Waals surface area contributed by atoms with E-state index >= 15 is 0 Å². The molecule has 4 rings (SSSR count). The van der Waals surface area contributed by atoms with Crippen molar-refractivity contribution in [3.05, 3.63) is 60.2 Å². The number of aromatic nitrogens is 3. The Morgan fingerprint density at radius 3 is 2.43 bits per heavy atom. The summed E-state index contributed by atoms with van der Waals surface area (Å²) in [5, 5.41) is 6.91. The minimum absolute atomic E-state index is 0.655. The lowest BCUT2D eigenvalue weighted by atomic mass is 10.1. The van der Waals surface area contributed by atoms with Crippen LogP contribution in [0.3, 0.4) is 0 Å². The van der Waals surface area contributed by atoms with Crippen LogP contribution in [0.15, 0.2) is 64.8 Å². The van der Waals surface area contributed by atoms with E-state index < -0.39 is 0 Å². The highest BCUT2D eigenvalue weighted by atomic mass is 32.1. The second kappa shape index (κ2) is 5.66. The summed E-state index contributed by atoms with van der Waals surface area (Å²) in [4.78, 5) is 8.63. The number of thiazole rings is 1. The summed E-state index contributed by atoms with van der Waals surface area (Å²) in [6.45, 7) is 0. The van der Waals surface area contributed by atoms with Gasteiger partial charge in [-0.25, -0.2) is 4.98 Å². The van der Waals surface area contributed by atoms with E-state index in [9.17, 15) is 0 Å². The summed E-state index contributed by atoms with van der Waals surface area (Å²) in [5.74, 6) is 0.655. The third-order valence-corrected chi connectivity index (χ3v) is 4.26. The van der Waals surface area contributed by atoms with Gasteiger partial charge in [0.1, 0.15) is 5.69 Å².